The molecular formula is C8H8Br2F3N. The second kappa shape index (κ2) is 5.14. The van der Waals surface area contributed by atoms with Crippen molar-refractivity contribution >= 4 is 32.9 Å². The minimum absolute atomic E-state index is 0. The van der Waals surface area contributed by atoms with Crippen molar-refractivity contribution in [3.05, 3.63) is 34.3 Å². The Kier molecular flexibility index (Phi) is 5.11. The molecule has 1 aromatic rings. The van der Waals surface area contributed by atoms with Gasteiger partial charge in [-0.05, 0) is 17.7 Å². The third-order valence-electron chi connectivity index (χ3n) is 1.58. The van der Waals surface area contributed by atoms with E-state index in [1.165, 1.54) is 24.3 Å². The summed E-state index contributed by atoms with van der Waals surface area (Å²) in [7, 11) is 0. The minimum Gasteiger partial charge on any atom is -0.316 e. The first-order chi connectivity index (χ1) is 5.91. The maximum absolute atomic E-state index is 12.1. The molecule has 1 unspecified atom stereocenters. The van der Waals surface area contributed by atoms with E-state index in [0.29, 0.717) is 0 Å². The summed E-state index contributed by atoms with van der Waals surface area (Å²) >= 11 is 3.12. The molecule has 1 atom stereocenters. The fraction of sp³-hybridized carbons (Fsp3) is 0.250. The topological polar surface area (TPSA) is 26.0 Å². The molecule has 0 aliphatic carbocycles. The summed E-state index contributed by atoms with van der Waals surface area (Å²) in [5.41, 5.74) is 5.05. The van der Waals surface area contributed by atoms with E-state index in [4.69, 9.17) is 5.73 Å². The van der Waals surface area contributed by atoms with Crippen LogP contribution >= 0.6 is 32.9 Å². The average molecular weight is 335 g/mol. The monoisotopic (exact) mass is 333 g/mol. The second-order valence-corrected chi connectivity index (χ2v) is 3.49. The molecule has 0 fully saturated rings. The molecule has 14 heavy (non-hydrogen) atoms. The Balaban J connectivity index is 0.00000169. The minimum atomic E-state index is -4.38. The molecule has 0 aromatic heterocycles. The molecular weight excluding hydrogens is 327 g/mol. The molecule has 0 spiro atoms. The Morgan fingerprint density at radius 3 is 1.93 bits per heavy atom. The predicted octanol–water partition coefficient (Wildman–Crippen LogP) is 3.59. The lowest BCUT2D eigenvalue weighted by Gasteiger charge is -2.15. The van der Waals surface area contributed by atoms with Crippen molar-refractivity contribution in [1.29, 1.82) is 0 Å². The van der Waals surface area contributed by atoms with E-state index in [1.807, 2.05) is 0 Å². The van der Waals surface area contributed by atoms with E-state index in [2.05, 4.69) is 15.9 Å². The zero-order chi connectivity index (χ0) is 10.1. The second-order valence-electron chi connectivity index (χ2n) is 2.57. The van der Waals surface area contributed by atoms with Gasteiger partial charge in [0.15, 0.2) is 0 Å². The van der Waals surface area contributed by atoms with Crippen LogP contribution in [0, 0.1) is 0 Å². The third-order valence-corrected chi connectivity index (χ3v) is 2.11. The quantitative estimate of drug-likeness (QED) is 0.834. The van der Waals surface area contributed by atoms with Crippen LogP contribution in [0.3, 0.4) is 0 Å². The van der Waals surface area contributed by atoms with Crippen LogP contribution in [-0.2, 0) is 0 Å². The highest BCUT2D eigenvalue weighted by molar-refractivity contribution is 9.10. The Morgan fingerprint density at radius 2 is 1.57 bits per heavy atom. The third kappa shape index (κ3) is 3.59. The number of benzene rings is 1. The van der Waals surface area contributed by atoms with Crippen LogP contribution in [0.4, 0.5) is 13.2 Å². The summed E-state index contributed by atoms with van der Waals surface area (Å²) in [5, 5.41) is 0. The molecule has 6 heteroatoms. The van der Waals surface area contributed by atoms with Gasteiger partial charge in [0, 0.05) is 4.47 Å². The highest BCUT2D eigenvalue weighted by atomic mass is 79.9. The molecule has 1 nitrogen and oxygen atoms in total. The number of nitrogens with two attached hydrogens (primary N) is 1. The van der Waals surface area contributed by atoms with Gasteiger partial charge in [-0.1, -0.05) is 28.1 Å². The number of hydrogen-bond donors (Lipinski definition) is 1. The number of rotatable bonds is 1. The highest BCUT2D eigenvalue weighted by Crippen LogP contribution is 2.30. The van der Waals surface area contributed by atoms with E-state index in [1.54, 1.807) is 0 Å². The number of halogens is 5. The molecule has 1 rings (SSSR count). The lowest BCUT2D eigenvalue weighted by Crippen LogP contribution is -2.28. The normalized spacial score (nSPS) is 13.2. The van der Waals surface area contributed by atoms with Gasteiger partial charge in [-0.15, -0.1) is 17.0 Å². The van der Waals surface area contributed by atoms with Gasteiger partial charge in [-0.2, -0.15) is 13.2 Å². The zero-order valence-electron chi connectivity index (χ0n) is 6.88. The van der Waals surface area contributed by atoms with E-state index in [-0.39, 0.29) is 22.5 Å². The molecule has 0 heterocycles. The van der Waals surface area contributed by atoms with Gasteiger partial charge in [-0.25, -0.2) is 0 Å². The highest BCUT2D eigenvalue weighted by Gasteiger charge is 2.37. The smallest absolute Gasteiger partial charge is 0.316 e. The largest absolute Gasteiger partial charge is 0.407 e. The maximum Gasteiger partial charge on any atom is 0.407 e. The Bertz CT molecular complexity index is 284. The lowest BCUT2D eigenvalue weighted by molar-refractivity contribution is -0.149. The van der Waals surface area contributed by atoms with Gasteiger partial charge < -0.3 is 5.73 Å². The molecule has 80 valence electrons. The fourth-order valence-corrected chi connectivity index (χ4v) is 1.12. The van der Waals surface area contributed by atoms with Gasteiger partial charge in [-0.3, -0.25) is 0 Å². The first kappa shape index (κ1) is 13.9. The van der Waals surface area contributed by atoms with E-state index in [9.17, 15) is 13.2 Å². The summed E-state index contributed by atoms with van der Waals surface area (Å²) in [4.78, 5) is 0. The van der Waals surface area contributed by atoms with Crippen molar-refractivity contribution in [3.8, 4) is 0 Å². The molecule has 0 amide bonds. The molecule has 0 radical (unpaired) electrons. The van der Waals surface area contributed by atoms with E-state index >= 15 is 0 Å². The molecule has 1 aromatic carbocycles. The zero-order valence-corrected chi connectivity index (χ0v) is 10.2. The van der Waals surface area contributed by atoms with Crippen LogP contribution in [-0.4, -0.2) is 6.18 Å². The van der Waals surface area contributed by atoms with Crippen LogP contribution < -0.4 is 5.73 Å². The molecule has 0 saturated carbocycles. The van der Waals surface area contributed by atoms with Crippen molar-refractivity contribution in [2.24, 2.45) is 5.73 Å². The van der Waals surface area contributed by atoms with Gasteiger partial charge in [0.05, 0.1) is 0 Å². The molecule has 0 aliphatic rings. The number of alkyl halides is 3. The van der Waals surface area contributed by atoms with Gasteiger partial charge >= 0.3 is 6.18 Å². The Morgan fingerprint density at radius 1 is 1.14 bits per heavy atom. The lowest BCUT2D eigenvalue weighted by atomic mass is 10.1. The molecule has 0 saturated heterocycles. The predicted molar refractivity (Wildman–Crippen MR) is 57.4 cm³/mol. The van der Waals surface area contributed by atoms with Gasteiger partial charge in [0.1, 0.15) is 6.04 Å². The SMILES string of the molecule is Br.NC(c1ccc(Br)cc1)C(F)(F)F. The Hall–Kier alpha value is -0.0700. The summed E-state index contributed by atoms with van der Waals surface area (Å²) in [6.45, 7) is 0. The molecule has 2 N–H and O–H groups in total. The first-order valence-corrected chi connectivity index (χ1v) is 4.28. The Labute approximate surface area is 98.4 Å². The van der Waals surface area contributed by atoms with Gasteiger partial charge in [0.25, 0.3) is 0 Å². The molecule has 0 aliphatic heterocycles. The standard InChI is InChI=1S/C8H7BrF3N.BrH/c9-6-3-1-5(2-4-6)7(13)8(10,11)12;/h1-4,7H,13H2;1H. The van der Waals surface area contributed by atoms with Crippen LogP contribution in [0.15, 0.2) is 28.7 Å². The summed E-state index contributed by atoms with van der Waals surface area (Å²) in [5.74, 6) is 0. The first-order valence-electron chi connectivity index (χ1n) is 3.49. The van der Waals surface area contributed by atoms with Crippen LogP contribution in [0.1, 0.15) is 11.6 Å². The van der Waals surface area contributed by atoms with E-state index in [0.717, 1.165) is 4.47 Å². The van der Waals surface area contributed by atoms with E-state index < -0.39 is 12.2 Å². The van der Waals surface area contributed by atoms with Gasteiger partial charge in [0.2, 0.25) is 0 Å². The summed E-state index contributed by atoms with van der Waals surface area (Å²) < 4.78 is 37.0. The summed E-state index contributed by atoms with van der Waals surface area (Å²) in [6.07, 6.45) is -4.38. The van der Waals surface area contributed by atoms with Crippen molar-refractivity contribution < 1.29 is 13.2 Å². The van der Waals surface area contributed by atoms with Crippen molar-refractivity contribution in [2.75, 3.05) is 0 Å². The van der Waals surface area contributed by atoms with Crippen molar-refractivity contribution in [1.82, 2.24) is 0 Å². The van der Waals surface area contributed by atoms with Crippen LogP contribution in [0.2, 0.25) is 0 Å². The van der Waals surface area contributed by atoms with Crippen LogP contribution in [0.5, 0.6) is 0 Å². The summed E-state index contributed by atoms with van der Waals surface area (Å²) in [6, 6.07) is 3.85. The van der Waals surface area contributed by atoms with Crippen molar-refractivity contribution in [3.63, 3.8) is 0 Å². The van der Waals surface area contributed by atoms with Crippen LogP contribution in [0.25, 0.3) is 0 Å². The average Bonchev–Trinajstić information content (AvgIpc) is 2.03. The molecule has 0 bridgehead atoms. The number of hydrogen-bond acceptors (Lipinski definition) is 1. The maximum atomic E-state index is 12.1. The van der Waals surface area contributed by atoms with Crippen molar-refractivity contribution in [2.45, 2.75) is 12.2 Å². The fourth-order valence-electron chi connectivity index (χ4n) is 0.859.